The zero-order chi connectivity index (χ0) is 13.2. The average molecular weight is 316 g/mol. The summed E-state index contributed by atoms with van der Waals surface area (Å²) < 4.78 is 6.10. The van der Waals surface area contributed by atoms with Crippen LogP contribution in [0.25, 0.3) is 11.0 Å². The largest absolute Gasteiger partial charge is 0.423 e. The van der Waals surface area contributed by atoms with Gasteiger partial charge in [-0.05, 0) is 40.2 Å². The molecule has 1 heterocycles. The zero-order valence-electron chi connectivity index (χ0n) is 9.89. The highest BCUT2D eigenvalue weighted by atomic mass is 79.9. The molecule has 0 spiro atoms. The molecule has 0 aliphatic heterocycles. The molecule has 0 aliphatic carbocycles. The minimum atomic E-state index is -0.367. The van der Waals surface area contributed by atoms with E-state index in [0.29, 0.717) is 5.58 Å². The lowest BCUT2D eigenvalue weighted by atomic mass is 10.2. The van der Waals surface area contributed by atoms with E-state index in [2.05, 4.69) is 21.2 Å². The van der Waals surface area contributed by atoms with Crippen LogP contribution in [0.3, 0.4) is 0 Å². The molecule has 0 unspecified atom stereocenters. The summed E-state index contributed by atoms with van der Waals surface area (Å²) in [5, 5.41) is 4.12. The number of nitrogens with one attached hydrogen (secondary N) is 1. The van der Waals surface area contributed by atoms with Crippen LogP contribution in [-0.2, 0) is 0 Å². The van der Waals surface area contributed by atoms with E-state index in [9.17, 15) is 4.79 Å². The van der Waals surface area contributed by atoms with E-state index >= 15 is 0 Å². The van der Waals surface area contributed by atoms with Crippen molar-refractivity contribution in [3.63, 3.8) is 0 Å². The molecule has 94 valence electrons. The molecular formula is C15H10BrNO2. The Morgan fingerprint density at radius 3 is 2.53 bits per heavy atom. The van der Waals surface area contributed by atoms with Gasteiger partial charge in [0.25, 0.3) is 0 Å². The molecule has 0 saturated carbocycles. The van der Waals surface area contributed by atoms with Crippen LogP contribution in [0.4, 0.5) is 11.4 Å². The Morgan fingerprint density at radius 2 is 1.68 bits per heavy atom. The van der Waals surface area contributed by atoms with Crippen LogP contribution in [0.1, 0.15) is 0 Å². The molecule has 0 fully saturated rings. The maximum Gasteiger partial charge on any atom is 0.338 e. The second-order valence-corrected chi connectivity index (χ2v) is 4.93. The Balaban J connectivity index is 2.15. The lowest BCUT2D eigenvalue weighted by Crippen LogP contribution is -2.01. The predicted octanol–water partition coefficient (Wildman–Crippen LogP) is 4.30. The number of hydrogen-bond acceptors (Lipinski definition) is 3. The number of rotatable bonds is 2. The molecular weight excluding hydrogens is 306 g/mol. The van der Waals surface area contributed by atoms with Crippen molar-refractivity contribution in [1.82, 2.24) is 0 Å². The Kier molecular flexibility index (Phi) is 3.09. The highest BCUT2D eigenvalue weighted by Gasteiger charge is 2.06. The summed E-state index contributed by atoms with van der Waals surface area (Å²) in [5.74, 6) is 0. The normalized spacial score (nSPS) is 10.6. The summed E-state index contributed by atoms with van der Waals surface area (Å²) >= 11 is 3.47. The van der Waals surface area contributed by atoms with Crippen molar-refractivity contribution >= 4 is 38.3 Å². The molecule has 1 N–H and O–H groups in total. The molecule has 19 heavy (non-hydrogen) atoms. The molecule has 0 radical (unpaired) electrons. The van der Waals surface area contributed by atoms with Crippen molar-refractivity contribution in [3.05, 3.63) is 69.5 Å². The van der Waals surface area contributed by atoms with E-state index in [-0.39, 0.29) is 5.63 Å². The molecule has 0 bridgehead atoms. The smallest absolute Gasteiger partial charge is 0.338 e. The second kappa shape index (κ2) is 4.90. The van der Waals surface area contributed by atoms with E-state index < -0.39 is 0 Å². The van der Waals surface area contributed by atoms with Crippen molar-refractivity contribution in [1.29, 1.82) is 0 Å². The van der Waals surface area contributed by atoms with Gasteiger partial charge in [0.05, 0.1) is 11.4 Å². The summed E-state index contributed by atoms with van der Waals surface area (Å²) in [6, 6.07) is 16.7. The predicted molar refractivity (Wildman–Crippen MR) is 79.9 cm³/mol. The maximum atomic E-state index is 11.6. The van der Waals surface area contributed by atoms with Gasteiger partial charge in [0.1, 0.15) is 5.58 Å². The van der Waals surface area contributed by atoms with E-state index in [1.807, 2.05) is 42.5 Å². The number of fused-ring (bicyclic) bond motifs is 1. The minimum absolute atomic E-state index is 0.367. The first-order valence-electron chi connectivity index (χ1n) is 5.78. The maximum absolute atomic E-state index is 11.6. The first-order valence-corrected chi connectivity index (χ1v) is 6.58. The standard InChI is InChI=1S/C15H10BrNO2/c16-11-6-2-3-7-12(11)17-13-9-15(18)19-14-8-4-1-5-10(13)14/h1-9,17H. The fourth-order valence-corrected chi connectivity index (χ4v) is 2.31. The van der Waals surface area contributed by atoms with Crippen molar-refractivity contribution in [3.8, 4) is 0 Å². The molecule has 0 aliphatic rings. The lowest BCUT2D eigenvalue weighted by Gasteiger charge is -2.10. The monoisotopic (exact) mass is 315 g/mol. The summed E-state index contributed by atoms with van der Waals surface area (Å²) in [7, 11) is 0. The van der Waals surface area contributed by atoms with Gasteiger partial charge in [-0.3, -0.25) is 0 Å². The fraction of sp³-hybridized carbons (Fsp3) is 0. The van der Waals surface area contributed by atoms with Gasteiger partial charge in [-0.15, -0.1) is 0 Å². The van der Waals surface area contributed by atoms with Crippen LogP contribution < -0.4 is 10.9 Å². The van der Waals surface area contributed by atoms with Gasteiger partial charge in [0.2, 0.25) is 0 Å². The number of halogens is 1. The summed E-state index contributed by atoms with van der Waals surface area (Å²) in [6.45, 7) is 0. The van der Waals surface area contributed by atoms with Gasteiger partial charge in [0.15, 0.2) is 0 Å². The van der Waals surface area contributed by atoms with Gasteiger partial charge < -0.3 is 9.73 Å². The molecule has 3 aromatic rings. The van der Waals surface area contributed by atoms with E-state index in [4.69, 9.17) is 4.42 Å². The Morgan fingerprint density at radius 1 is 0.947 bits per heavy atom. The number of para-hydroxylation sites is 2. The van der Waals surface area contributed by atoms with E-state index in [1.165, 1.54) is 6.07 Å². The molecule has 3 nitrogen and oxygen atoms in total. The molecule has 3 rings (SSSR count). The van der Waals surface area contributed by atoms with Crippen molar-refractivity contribution in [2.45, 2.75) is 0 Å². The molecule has 0 saturated heterocycles. The van der Waals surface area contributed by atoms with Crippen LogP contribution >= 0.6 is 15.9 Å². The number of hydrogen-bond donors (Lipinski definition) is 1. The van der Waals surface area contributed by atoms with Crippen molar-refractivity contribution in [2.75, 3.05) is 5.32 Å². The minimum Gasteiger partial charge on any atom is -0.423 e. The van der Waals surface area contributed by atoms with Crippen molar-refractivity contribution < 1.29 is 4.42 Å². The molecule has 2 aromatic carbocycles. The Labute approximate surface area is 118 Å². The van der Waals surface area contributed by atoms with Gasteiger partial charge in [-0.1, -0.05) is 24.3 Å². The first kappa shape index (κ1) is 12.0. The zero-order valence-corrected chi connectivity index (χ0v) is 11.5. The van der Waals surface area contributed by atoms with Crippen molar-refractivity contribution in [2.24, 2.45) is 0 Å². The van der Waals surface area contributed by atoms with Gasteiger partial charge in [-0.2, -0.15) is 0 Å². The van der Waals surface area contributed by atoms with Crippen LogP contribution in [0.5, 0.6) is 0 Å². The molecule has 0 amide bonds. The van der Waals surface area contributed by atoms with Crippen LogP contribution in [0, 0.1) is 0 Å². The summed E-state index contributed by atoms with van der Waals surface area (Å²) in [4.78, 5) is 11.6. The first-order chi connectivity index (χ1) is 9.24. The number of anilines is 2. The fourth-order valence-electron chi connectivity index (χ4n) is 1.92. The summed E-state index contributed by atoms with van der Waals surface area (Å²) in [6.07, 6.45) is 0. The second-order valence-electron chi connectivity index (χ2n) is 4.08. The highest BCUT2D eigenvalue weighted by molar-refractivity contribution is 9.10. The van der Waals surface area contributed by atoms with Crippen LogP contribution in [0.15, 0.2) is 68.3 Å². The highest BCUT2D eigenvalue weighted by Crippen LogP contribution is 2.28. The molecule has 1 aromatic heterocycles. The lowest BCUT2D eigenvalue weighted by molar-refractivity contribution is 0.561. The average Bonchev–Trinajstić information content (AvgIpc) is 2.41. The SMILES string of the molecule is O=c1cc(Nc2ccccc2Br)c2ccccc2o1. The third-order valence-corrected chi connectivity index (χ3v) is 3.48. The van der Waals surface area contributed by atoms with Crippen LogP contribution in [-0.4, -0.2) is 0 Å². The summed E-state index contributed by atoms with van der Waals surface area (Å²) in [5.41, 5.74) is 1.84. The number of benzene rings is 2. The quantitative estimate of drug-likeness (QED) is 0.717. The molecule has 4 heteroatoms. The third-order valence-electron chi connectivity index (χ3n) is 2.79. The van der Waals surface area contributed by atoms with Crippen LogP contribution in [0.2, 0.25) is 0 Å². The van der Waals surface area contributed by atoms with Gasteiger partial charge in [0, 0.05) is 15.9 Å². The van der Waals surface area contributed by atoms with E-state index in [1.54, 1.807) is 6.07 Å². The Hall–Kier alpha value is -2.07. The third kappa shape index (κ3) is 2.39. The van der Waals surface area contributed by atoms with E-state index in [0.717, 1.165) is 21.2 Å². The Bertz CT molecular complexity index is 795. The topological polar surface area (TPSA) is 42.2 Å². The van der Waals surface area contributed by atoms with Gasteiger partial charge >= 0.3 is 5.63 Å². The molecule has 0 atom stereocenters. The van der Waals surface area contributed by atoms with Gasteiger partial charge in [-0.25, -0.2) is 4.79 Å².